The average molecular weight is 683 g/mol. The van der Waals surface area contributed by atoms with Gasteiger partial charge in [-0.1, -0.05) is 58.4 Å². The van der Waals surface area contributed by atoms with Crippen molar-refractivity contribution in [1.82, 2.24) is 10.2 Å². The van der Waals surface area contributed by atoms with E-state index in [-0.39, 0.29) is 29.5 Å². The van der Waals surface area contributed by atoms with Crippen LogP contribution in [0.4, 0.5) is 10.1 Å². The Morgan fingerprint density at radius 3 is 2.18 bits per heavy atom. The maximum Gasteiger partial charge on any atom is 0.264 e. The number of carbonyl (C=O) groups is 2. The van der Waals surface area contributed by atoms with Gasteiger partial charge in [0.05, 0.1) is 17.7 Å². The molecule has 8 nitrogen and oxygen atoms in total. The Labute approximate surface area is 265 Å². The summed E-state index contributed by atoms with van der Waals surface area (Å²) in [6.07, 6.45) is 0.203. The van der Waals surface area contributed by atoms with Crippen molar-refractivity contribution >= 4 is 43.5 Å². The molecule has 0 aliphatic heterocycles. The van der Waals surface area contributed by atoms with Crippen LogP contribution in [0.3, 0.4) is 0 Å². The first-order valence-electron chi connectivity index (χ1n) is 13.9. The quantitative estimate of drug-likeness (QED) is 0.199. The third-order valence-corrected chi connectivity index (χ3v) is 9.19. The van der Waals surface area contributed by atoms with Gasteiger partial charge in [-0.25, -0.2) is 12.8 Å². The summed E-state index contributed by atoms with van der Waals surface area (Å²) in [4.78, 5) is 29.2. The van der Waals surface area contributed by atoms with Crippen LogP contribution in [-0.4, -0.2) is 51.4 Å². The number of halogens is 2. The van der Waals surface area contributed by atoms with E-state index in [1.165, 1.54) is 48.4 Å². The fraction of sp³-hybridized carbons (Fsp3) is 0.212. The van der Waals surface area contributed by atoms with Crippen LogP contribution in [0, 0.1) is 5.82 Å². The largest absolute Gasteiger partial charge is 0.497 e. The molecule has 1 atom stereocenters. The Bertz CT molecular complexity index is 1670. The molecule has 0 fully saturated rings. The minimum absolute atomic E-state index is 0.0345. The van der Waals surface area contributed by atoms with Crippen LogP contribution in [-0.2, 0) is 32.6 Å². The van der Waals surface area contributed by atoms with E-state index >= 15 is 0 Å². The molecule has 0 saturated heterocycles. The number of sulfonamides is 1. The Morgan fingerprint density at radius 2 is 1.57 bits per heavy atom. The van der Waals surface area contributed by atoms with Gasteiger partial charge in [-0.3, -0.25) is 13.9 Å². The van der Waals surface area contributed by atoms with Crippen molar-refractivity contribution in [3.05, 3.63) is 125 Å². The molecule has 0 bridgehead atoms. The highest BCUT2D eigenvalue weighted by Crippen LogP contribution is 2.27. The highest BCUT2D eigenvalue weighted by atomic mass is 79.9. The van der Waals surface area contributed by atoms with Gasteiger partial charge in [0.25, 0.3) is 10.0 Å². The Balaban J connectivity index is 1.79. The monoisotopic (exact) mass is 681 g/mol. The molecule has 0 radical (unpaired) electrons. The van der Waals surface area contributed by atoms with Crippen LogP contribution in [0.25, 0.3) is 0 Å². The average Bonchev–Trinajstić information content (AvgIpc) is 3.02. The molecule has 0 heterocycles. The first-order chi connectivity index (χ1) is 21.1. The van der Waals surface area contributed by atoms with Gasteiger partial charge in [0.1, 0.15) is 24.2 Å². The zero-order chi connectivity index (χ0) is 31.7. The van der Waals surface area contributed by atoms with Crippen LogP contribution in [0.1, 0.15) is 18.1 Å². The minimum Gasteiger partial charge on any atom is -0.497 e. The first kappa shape index (κ1) is 32.7. The first-order valence-corrected chi connectivity index (χ1v) is 16.1. The van der Waals surface area contributed by atoms with E-state index in [0.717, 1.165) is 32.0 Å². The van der Waals surface area contributed by atoms with E-state index in [1.54, 1.807) is 6.92 Å². The fourth-order valence-electron chi connectivity index (χ4n) is 4.69. The molecule has 4 aromatic rings. The second kappa shape index (κ2) is 15.0. The van der Waals surface area contributed by atoms with Gasteiger partial charge >= 0.3 is 0 Å². The van der Waals surface area contributed by atoms with Gasteiger partial charge in [0, 0.05) is 24.0 Å². The number of nitrogens with one attached hydrogen (secondary N) is 1. The van der Waals surface area contributed by atoms with Crippen molar-refractivity contribution in [2.24, 2.45) is 0 Å². The normalized spacial score (nSPS) is 11.8. The van der Waals surface area contributed by atoms with Crippen molar-refractivity contribution in [3.8, 4) is 5.75 Å². The van der Waals surface area contributed by atoms with Crippen LogP contribution in [0.15, 0.2) is 112 Å². The van der Waals surface area contributed by atoms with Crippen molar-refractivity contribution in [1.29, 1.82) is 0 Å². The molecule has 0 aliphatic carbocycles. The summed E-state index contributed by atoms with van der Waals surface area (Å²) in [5.41, 5.74) is 1.66. The third-order valence-electron chi connectivity index (χ3n) is 6.90. The summed E-state index contributed by atoms with van der Waals surface area (Å²) < 4.78 is 48.8. The number of nitrogens with zero attached hydrogens (tertiary/aromatic N) is 2. The second-order valence-electron chi connectivity index (χ2n) is 9.92. The number of methoxy groups -OCH3 is 1. The Kier molecular flexibility index (Phi) is 11.1. The lowest BCUT2D eigenvalue weighted by Gasteiger charge is -2.34. The fourth-order valence-corrected chi connectivity index (χ4v) is 6.55. The van der Waals surface area contributed by atoms with Gasteiger partial charge in [-0.05, 0) is 78.7 Å². The molecular weight excluding hydrogens is 649 g/mol. The smallest absolute Gasteiger partial charge is 0.264 e. The third kappa shape index (κ3) is 8.23. The topological polar surface area (TPSA) is 96.0 Å². The van der Waals surface area contributed by atoms with Gasteiger partial charge in [0.15, 0.2) is 0 Å². The van der Waals surface area contributed by atoms with Gasteiger partial charge in [-0.2, -0.15) is 0 Å². The number of carbonyl (C=O) groups excluding carboxylic acids is 2. The lowest BCUT2D eigenvalue weighted by Crippen LogP contribution is -2.53. The van der Waals surface area contributed by atoms with Crippen LogP contribution in [0.5, 0.6) is 5.75 Å². The summed E-state index contributed by atoms with van der Waals surface area (Å²) in [7, 11) is -2.85. The predicted molar refractivity (Wildman–Crippen MR) is 171 cm³/mol. The lowest BCUT2D eigenvalue weighted by molar-refractivity contribution is -0.140. The number of likely N-dealkylation sites (N-methyl/N-ethyl adjacent to an activating group) is 1. The van der Waals surface area contributed by atoms with E-state index in [0.29, 0.717) is 12.3 Å². The van der Waals surface area contributed by atoms with Crippen LogP contribution in [0.2, 0.25) is 0 Å². The number of hydrogen-bond acceptors (Lipinski definition) is 5. The summed E-state index contributed by atoms with van der Waals surface area (Å²) in [6, 6.07) is 26.3. The van der Waals surface area contributed by atoms with E-state index in [1.807, 2.05) is 54.6 Å². The molecule has 0 aromatic heterocycles. The van der Waals surface area contributed by atoms with E-state index in [4.69, 9.17) is 4.74 Å². The highest BCUT2D eigenvalue weighted by molar-refractivity contribution is 9.10. The number of rotatable bonds is 13. The van der Waals surface area contributed by atoms with Crippen molar-refractivity contribution < 1.29 is 27.1 Å². The van der Waals surface area contributed by atoms with E-state index in [9.17, 15) is 22.4 Å². The summed E-state index contributed by atoms with van der Waals surface area (Å²) in [5, 5.41) is 2.83. The molecule has 0 saturated carbocycles. The second-order valence-corrected chi connectivity index (χ2v) is 12.7. The van der Waals surface area contributed by atoms with Gasteiger partial charge < -0.3 is 15.0 Å². The highest BCUT2D eigenvalue weighted by Gasteiger charge is 2.34. The van der Waals surface area contributed by atoms with E-state index < -0.39 is 34.3 Å². The number of amides is 2. The standard InChI is InChI=1S/C33H33BrFN3O5S/c1-3-36-33(40)31(21-24-8-5-4-6-9-24)37(22-25-10-7-11-26(34)20-25)32(39)23-38(28-14-12-27(35)13-15-28)44(41,42)30-18-16-29(43-2)17-19-30/h4-20,31H,3,21-23H2,1-2H3,(H,36,40)/t31-/m0/s1. The lowest BCUT2D eigenvalue weighted by atomic mass is 10.0. The van der Waals surface area contributed by atoms with Crippen molar-refractivity contribution in [3.63, 3.8) is 0 Å². The van der Waals surface area contributed by atoms with Crippen LogP contribution < -0.4 is 14.4 Å². The maximum absolute atomic E-state index is 14.3. The van der Waals surface area contributed by atoms with Gasteiger partial charge in [0.2, 0.25) is 11.8 Å². The molecule has 1 N–H and O–H groups in total. The Morgan fingerprint density at radius 1 is 0.909 bits per heavy atom. The molecule has 0 unspecified atom stereocenters. The Hall–Kier alpha value is -4.22. The molecule has 230 valence electrons. The molecule has 0 spiro atoms. The van der Waals surface area contributed by atoms with E-state index in [2.05, 4.69) is 21.2 Å². The summed E-state index contributed by atoms with van der Waals surface area (Å²) in [6.45, 7) is 1.53. The number of ether oxygens (including phenoxy) is 1. The van der Waals surface area contributed by atoms with Crippen LogP contribution >= 0.6 is 15.9 Å². The minimum atomic E-state index is -4.32. The zero-order valence-electron chi connectivity index (χ0n) is 24.3. The van der Waals surface area contributed by atoms with Crippen molar-refractivity contribution in [2.45, 2.75) is 30.8 Å². The summed E-state index contributed by atoms with van der Waals surface area (Å²) in [5.74, 6) is -1.08. The zero-order valence-corrected chi connectivity index (χ0v) is 26.7. The number of benzene rings is 4. The molecule has 44 heavy (non-hydrogen) atoms. The molecule has 0 aliphatic rings. The molecular formula is C33H33BrFN3O5S. The molecule has 4 aromatic carbocycles. The molecule has 2 amide bonds. The predicted octanol–water partition coefficient (Wildman–Crippen LogP) is 5.57. The maximum atomic E-state index is 14.3. The molecule has 4 rings (SSSR count). The number of hydrogen-bond donors (Lipinski definition) is 1. The van der Waals surface area contributed by atoms with Gasteiger partial charge in [-0.15, -0.1) is 0 Å². The van der Waals surface area contributed by atoms with Crippen molar-refractivity contribution in [2.75, 3.05) is 24.5 Å². The SMILES string of the molecule is CCNC(=O)[C@H](Cc1ccccc1)N(Cc1cccc(Br)c1)C(=O)CN(c1ccc(F)cc1)S(=O)(=O)c1ccc(OC)cc1. The summed E-state index contributed by atoms with van der Waals surface area (Å²) >= 11 is 3.46. The molecule has 11 heteroatoms. The number of anilines is 1.